The van der Waals surface area contributed by atoms with Gasteiger partial charge < -0.3 is 19.9 Å². The molecule has 0 radical (unpaired) electrons. The lowest BCUT2D eigenvalue weighted by Gasteiger charge is -2.35. The van der Waals surface area contributed by atoms with Crippen LogP contribution in [0.1, 0.15) is 31.4 Å². The number of benzene rings is 1. The molecule has 1 N–H and O–H groups in total. The highest BCUT2D eigenvalue weighted by atomic mass is 19.1. The SMILES string of the molecule is CCOC1CCN(C(=NC)NCC(c2c(F)cccc2F)N(C)C)CC1. The van der Waals surface area contributed by atoms with Crippen molar-refractivity contribution in [3.8, 4) is 0 Å². The van der Waals surface area contributed by atoms with Gasteiger partial charge in [-0.1, -0.05) is 6.07 Å². The Balaban J connectivity index is 2.02. The number of hydrogen-bond donors (Lipinski definition) is 1. The van der Waals surface area contributed by atoms with Gasteiger partial charge in [-0.2, -0.15) is 0 Å². The van der Waals surface area contributed by atoms with E-state index in [1.165, 1.54) is 18.2 Å². The molecule has 5 nitrogen and oxygen atoms in total. The van der Waals surface area contributed by atoms with Gasteiger partial charge in [0.1, 0.15) is 11.6 Å². The van der Waals surface area contributed by atoms with Crippen molar-refractivity contribution in [2.24, 2.45) is 4.99 Å². The highest BCUT2D eigenvalue weighted by Gasteiger charge is 2.25. The van der Waals surface area contributed by atoms with E-state index in [1.807, 2.05) is 25.9 Å². The van der Waals surface area contributed by atoms with Gasteiger partial charge in [0.25, 0.3) is 0 Å². The van der Waals surface area contributed by atoms with Gasteiger partial charge in [-0.3, -0.25) is 4.99 Å². The predicted octanol–water partition coefficient (Wildman–Crippen LogP) is 2.64. The summed E-state index contributed by atoms with van der Waals surface area (Å²) >= 11 is 0. The fraction of sp³-hybridized carbons (Fsp3) is 0.632. The molecule has 1 saturated heterocycles. The molecule has 0 aromatic heterocycles. The first kappa shape index (κ1) is 20.6. The Kier molecular flexibility index (Phi) is 7.78. The Labute approximate surface area is 155 Å². The molecule has 7 heteroatoms. The largest absolute Gasteiger partial charge is 0.378 e. The fourth-order valence-corrected chi connectivity index (χ4v) is 3.36. The van der Waals surface area contributed by atoms with Crippen molar-refractivity contribution < 1.29 is 13.5 Å². The van der Waals surface area contributed by atoms with Crippen molar-refractivity contribution in [3.05, 3.63) is 35.4 Å². The number of halogens is 2. The zero-order valence-corrected chi connectivity index (χ0v) is 16.1. The summed E-state index contributed by atoms with van der Waals surface area (Å²) in [7, 11) is 5.36. The summed E-state index contributed by atoms with van der Waals surface area (Å²) in [4.78, 5) is 8.31. The molecule has 1 aromatic carbocycles. The Morgan fingerprint density at radius 1 is 1.31 bits per heavy atom. The van der Waals surface area contributed by atoms with E-state index in [1.54, 1.807) is 7.05 Å². The molecule has 0 spiro atoms. The number of nitrogens with one attached hydrogen (secondary N) is 1. The van der Waals surface area contributed by atoms with E-state index in [0.29, 0.717) is 12.6 Å². The molecular formula is C19H30F2N4O. The van der Waals surface area contributed by atoms with Crippen molar-refractivity contribution in [2.45, 2.75) is 31.9 Å². The van der Waals surface area contributed by atoms with Crippen molar-refractivity contribution >= 4 is 5.96 Å². The number of nitrogens with zero attached hydrogens (tertiary/aromatic N) is 3. The first-order valence-corrected chi connectivity index (χ1v) is 9.15. The van der Waals surface area contributed by atoms with Gasteiger partial charge in [-0.15, -0.1) is 0 Å². The normalized spacial score (nSPS) is 17.7. The molecule has 0 aliphatic carbocycles. The first-order chi connectivity index (χ1) is 12.5. The van der Waals surface area contributed by atoms with Gasteiger partial charge in [0, 0.05) is 38.9 Å². The van der Waals surface area contributed by atoms with Crippen molar-refractivity contribution in [2.75, 3.05) is 47.4 Å². The van der Waals surface area contributed by atoms with E-state index < -0.39 is 17.7 Å². The van der Waals surface area contributed by atoms with Crippen LogP contribution in [0.5, 0.6) is 0 Å². The van der Waals surface area contributed by atoms with Gasteiger partial charge in [0.2, 0.25) is 0 Å². The smallest absolute Gasteiger partial charge is 0.193 e. The standard InChI is InChI=1S/C19H30F2N4O/c1-5-26-14-9-11-25(12-10-14)19(22-2)23-13-17(24(3)4)18-15(20)7-6-8-16(18)21/h6-8,14,17H,5,9-13H2,1-4H3,(H,22,23). The summed E-state index contributed by atoms with van der Waals surface area (Å²) in [6, 6.07) is 3.54. The summed E-state index contributed by atoms with van der Waals surface area (Å²) in [5, 5.41) is 3.28. The summed E-state index contributed by atoms with van der Waals surface area (Å²) < 4.78 is 34.1. The lowest BCUT2D eigenvalue weighted by Crippen LogP contribution is -2.48. The summed E-state index contributed by atoms with van der Waals surface area (Å²) in [6.07, 6.45) is 2.21. The van der Waals surface area contributed by atoms with Gasteiger partial charge in [0.05, 0.1) is 12.1 Å². The summed E-state index contributed by atoms with van der Waals surface area (Å²) in [6.45, 7) is 4.81. The van der Waals surface area contributed by atoms with Crippen LogP contribution in [0.3, 0.4) is 0 Å². The molecular weight excluding hydrogens is 338 g/mol. The molecule has 0 amide bonds. The number of likely N-dealkylation sites (N-methyl/N-ethyl adjacent to an activating group) is 1. The Bertz CT molecular complexity index is 581. The third kappa shape index (κ3) is 5.14. The fourth-order valence-electron chi connectivity index (χ4n) is 3.36. The third-order valence-electron chi connectivity index (χ3n) is 4.77. The number of ether oxygens (including phenoxy) is 1. The number of likely N-dealkylation sites (tertiary alicyclic amines) is 1. The molecule has 1 unspecified atom stereocenters. The molecule has 1 atom stereocenters. The number of hydrogen-bond acceptors (Lipinski definition) is 3. The maximum Gasteiger partial charge on any atom is 0.193 e. The van der Waals surface area contributed by atoms with E-state index in [-0.39, 0.29) is 5.56 Å². The highest BCUT2D eigenvalue weighted by molar-refractivity contribution is 5.80. The number of piperidine rings is 1. The summed E-state index contributed by atoms with van der Waals surface area (Å²) in [5.74, 6) is -0.306. The van der Waals surface area contributed by atoms with Crippen LogP contribution >= 0.6 is 0 Å². The van der Waals surface area contributed by atoms with Crippen LogP contribution < -0.4 is 5.32 Å². The van der Waals surface area contributed by atoms with Crippen LogP contribution in [-0.4, -0.2) is 69.2 Å². The lowest BCUT2D eigenvalue weighted by molar-refractivity contribution is 0.0263. The molecule has 2 rings (SSSR count). The molecule has 1 aliphatic heterocycles. The average molecular weight is 368 g/mol. The second kappa shape index (κ2) is 9.83. The zero-order valence-electron chi connectivity index (χ0n) is 16.1. The molecule has 0 bridgehead atoms. The monoisotopic (exact) mass is 368 g/mol. The van der Waals surface area contributed by atoms with Gasteiger partial charge >= 0.3 is 0 Å². The van der Waals surface area contributed by atoms with E-state index in [0.717, 1.165) is 38.5 Å². The van der Waals surface area contributed by atoms with E-state index in [4.69, 9.17) is 4.74 Å². The van der Waals surface area contributed by atoms with Crippen molar-refractivity contribution in [1.82, 2.24) is 15.1 Å². The molecule has 0 saturated carbocycles. The maximum atomic E-state index is 14.2. The van der Waals surface area contributed by atoms with Gasteiger partial charge in [-0.05, 0) is 46.0 Å². The maximum absolute atomic E-state index is 14.2. The second-order valence-electron chi connectivity index (χ2n) is 6.68. The van der Waals surface area contributed by atoms with E-state index in [9.17, 15) is 8.78 Å². The minimum Gasteiger partial charge on any atom is -0.378 e. The first-order valence-electron chi connectivity index (χ1n) is 9.15. The number of rotatable bonds is 6. The van der Waals surface area contributed by atoms with Crippen LogP contribution in [0.15, 0.2) is 23.2 Å². The van der Waals surface area contributed by atoms with Crippen LogP contribution in [0.25, 0.3) is 0 Å². The number of aliphatic imine (C=N–C) groups is 1. The van der Waals surface area contributed by atoms with Crippen LogP contribution in [0.4, 0.5) is 8.78 Å². The second-order valence-corrected chi connectivity index (χ2v) is 6.68. The molecule has 1 fully saturated rings. The Morgan fingerprint density at radius 3 is 2.42 bits per heavy atom. The minimum atomic E-state index is -0.530. The number of guanidine groups is 1. The van der Waals surface area contributed by atoms with Crippen molar-refractivity contribution in [1.29, 1.82) is 0 Å². The zero-order chi connectivity index (χ0) is 19.1. The molecule has 26 heavy (non-hydrogen) atoms. The topological polar surface area (TPSA) is 40.1 Å². The van der Waals surface area contributed by atoms with Crippen molar-refractivity contribution in [3.63, 3.8) is 0 Å². The minimum absolute atomic E-state index is 0.0792. The quantitative estimate of drug-likeness (QED) is 0.619. The predicted molar refractivity (Wildman–Crippen MR) is 100 cm³/mol. The van der Waals surface area contributed by atoms with Crippen LogP contribution in [0.2, 0.25) is 0 Å². The molecule has 1 heterocycles. The van der Waals surface area contributed by atoms with Gasteiger partial charge in [-0.25, -0.2) is 8.78 Å². The van der Waals surface area contributed by atoms with Crippen LogP contribution in [0, 0.1) is 11.6 Å². The van der Waals surface area contributed by atoms with Gasteiger partial charge in [0.15, 0.2) is 5.96 Å². The summed E-state index contributed by atoms with van der Waals surface area (Å²) in [5.41, 5.74) is 0.0792. The Hall–Kier alpha value is -1.73. The molecule has 1 aromatic rings. The Morgan fingerprint density at radius 2 is 1.92 bits per heavy atom. The van der Waals surface area contributed by atoms with E-state index in [2.05, 4.69) is 15.2 Å². The third-order valence-corrected chi connectivity index (χ3v) is 4.77. The molecule has 146 valence electrons. The van der Waals surface area contributed by atoms with Crippen LogP contribution in [-0.2, 0) is 4.74 Å². The average Bonchev–Trinajstić information content (AvgIpc) is 2.61. The van der Waals surface area contributed by atoms with E-state index >= 15 is 0 Å². The highest BCUT2D eigenvalue weighted by Crippen LogP contribution is 2.24. The molecule has 1 aliphatic rings. The lowest BCUT2D eigenvalue weighted by atomic mass is 10.0.